The number of fused-ring (bicyclic) bond motifs is 1. The lowest BCUT2D eigenvalue weighted by Gasteiger charge is -2.36. The Labute approximate surface area is 210 Å². The van der Waals surface area contributed by atoms with Crippen LogP contribution in [0.25, 0.3) is 0 Å². The standard InChI is InChI=1S/C7H10N4O3.C6H9N3O2.C6H10N2O4/c1-10-4-3(8-6(13)9-4)5(12)11(2)7(10)14;1-8-4(7)3-5(10)9(2)6(8)11;1-3-11-5(9)7-8-6(10)12-4-2/h3-4H,1-2H3,(H2,8,9,13);3H,7H2,1-2H3;3-4H2,1-2H3. The summed E-state index contributed by atoms with van der Waals surface area (Å²) in [6, 6.07) is -0.305. The molecule has 18 heteroatoms. The van der Waals surface area contributed by atoms with Crippen molar-refractivity contribution in [3.05, 3.63) is 26.9 Å². The number of hydrogen-bond acceptors (Lipinski definition) is 10. The Morgan fingerprint density at radius 3 is 1.92 bits per heavy atom. The van der Waals surface area contributed by atoms with Crippen molar-refractivity contribution in [2.75, 3.05) is 33.0 Å². The van der Waals surface area contributed by atoms with Crippen LogP contribution in [-0.4, -0.2) is 88.6 Å². The Bertz CT molecular complexity index is 1170. The lowest BCUT2D eigenvalue weighted by atomic mass is 10.1. The van der Waals surface area contributed by atoms with E-state index in [1.165, 1.54) is 43.7 Å². The first-order valence-electron chi connectivity index (χ1n) is 10.7. The number of nitrogen functional groups attached to an aromatic ring is 1. The van der Waals surface area contributed by atoms with E-state index < -0.39 is 48.1 Å². The molecule has 204 valence electrons. The minimum Gasteiger partial charge on any atom is -0.447 e. The van der Waals surface area contributed by atoms with Crippen LogP contribution in [0, 0.1) is 0 Å². The van der Waals surface area contributed by atoms with Crippen LogP contribution in [0.5, 0.6) is 0 Å². The molecular weight excluding hydrogens is 498 g/mol. The van der Waals surface area contributed by atoms with E-state index >= 15 is 0 Å². The van der Waals surface area contributed by atoms with Gasteiger partial charge in [0.05, 0.1) is 13.2 Å². The molecule has 7 amide bonds. The Morgan fingerprint density at radius 2 is 1.43 bits per heavy atom. The zero-order chi connectivity index (χ0) is 28.4. The van der Waals surface area contributed by atoms with Crippen LogP contribution in [0.15, 0.2) is 25.9 Å². The number of likely N-dealkylation sites (N-methyl/N-ethyl adjacent to an activating group) is 2. The fourth-order valence-electron chi connectivity index (χ4n) is 2.79. The van der Waals surface area contributed by atoms with Crippen molar-refractivity contribution in [1.82, 2.24) is 29.6 Å². The highest BCUT2D eigenvalue weighted by atomic mass is 16.6. The lowest BCUT2D eigenvalue weighted by molar-refractivity contribution is -0.133. The van der Waals surface area contributed by atoms with Crippen LogP contribution in [0.4, 0.5) is 25.0 Å². The minimum atomic E-state index is -0.898. The van der Waals surface area contributed by atoms with Gasteiger partial charge in [-0.05, 0) is 13.8 Å². The second-order valence-corrected chi connectivity index (χ2v) is 7.24. The van der Waals surface area contributed by atoms with Gasteiger partial charge in [0.1, 0.15) is 18.0 Å². The number of ether oxygens (including phenoxy) is 2. The molecule has 2 atom stereocenters. The zero-order valence-electron chi connectivity index (χ0n) is 21.1. The summed E-state index contributed by atoms with van der Waals surface area (Å²) in [6.07, 6.45) is -2.37. The van der Waals surface area contributed by atoms with Crippen molar-refractivity contribution in [3.8, 4) is 0 Å². The molecule has 0 saturated carbocycles. The molecule has 3 heterocycles. The summed E-state index contributed by atoms with van der Waals surface area (Å²) in [5, 5.41) is 10.8. The SMILES string of the molecule is CCOC(=O)N=NC(=O)OCC.CN1C(=O)C2NC(=O)NC2N(C)C1=O.Cn1c(N)cc(=O)n(C)c1=O. The number of imide groups is 1. The molecule has 0 radical (unpaired) electrons. The summed E-state index contributed by atoms with van der Waals surface area (Å²) in [4.78, 5) is 79.1. The molecule has 4 N–H and O–H groups in total. The highest BCUT2D eigenvalue weighted by Crippen LogP contribution is 2.16. The van der Waals surface area contributed by atoms with Gasteiger partial charge in [0.2, 0.25) is 0 Å². The number of carbonyl (C=O) groups excluding carboxylic acids is 5. The van der Waals surface area contributed by atoms with Crippen molar-refractivity contribution < 1.29 is 33.4 Å². The first-order valence-corrected chi connectivity index (χ1v) is 10.7. The number of rotatable bonds is 2. The predicted molar refractivity (Wildman–Crippen MR) is 125 cm³/mol. The van der Waals surface area contributed by atoms with E-state index in [9.17, 15) is 33.6 Å². The second-order valence-electron chi connectivity index (χ2n) is 7.24. The molecule has 0 aliphatic carbocycles. The average Bonchev–Trinajstić information content (AvgIpc) is 3.25. The number of nitrogens with two attached hydrogens (primary N) is 1. The third kappa shape index (κ3) is 7.87. The van der Waals surface area contributed by atoms with E-state index in [0.717, 1.165) is 9.47 Å². The molecule has 18 nitrogen and oxygen atoms in total. The monoisotopic (exact) mass is 527 g/mol. The summed E-state index contributed by atoms with van der Waals surface area (Å²) in [7, 11) is 5.85. The van der Waals surface area contributed by atoms with Gasteiger partial charge in [0.25, 0.3) is 11.5 Å². The summed E-state index contributed by atoms with van der Waals surface area (Å²) in [6.45, 7) is 3.64. The van der Waals surface area contributed by atoms with Crippen LogP contribution in [0.2, 0.25) is 0 Å². The smallest absolute Gasteiger partial charge is 0.447 e. The predicted octanol–water partition coefficient (Wildman–Crippen LogP) is -1.06. The molecule has 2 unspecified atom stereocenters. The Balaban J connectivity index is 0.000000280. The Kier molecular flexibility index (Phi) is 10.9. The van der Waals surface area contributed by atoms with Crippen LogP contribution in [-0.2, 0) is 28.4 Å². The number of azo groups is 1. The number of urea groups is 2. The normalized spacial score (nSPS) is 18.1. The highest BCUT2D eigenvalue weighted by Gasteiger charge is 2.48. The number of amides is 7. The Hall–Kier alpha value is -4.77. The molecular formula is C19H29N9O9. The van der Waals surface area contributed by atoms with Crippen LogP contribution < -0.4 is 27.6 Å². The molecule has 1 aromatic rings. The molecule has 2 saturated heterocycles. The van der Waals surface area contributed by atoms with E-state index in [0.29, 0.717) is 0 Å². The van der Waals surface area contributed by atoms with Crippen molar-refractivity contribution in [2.24, 2.45) is 24.3 Å². The summed E-state index contributed by atoms with van der Waals surface area (Å²) in [5.74, 6) is -0.213. The van der Waals surface area contributed by atoms with Gasteiger partial charge in [-0.1, -0.05) is 10.2 Å². The van der Waals surface area contributed by atoms with E-state index in [2.05, 4.69) is 30.3 Å². The van der Waals surface area contributed by atoms with Gasteiger partial charge in [0, 0.05) is 34.3 Å². The second kappa shape index (κ2) is 13.4. The zero-order valence-corrected chi connectivity index (χ0v) is 21.1. The van der Waals surface area contributed by atoms with Crippen molar-refractivity contribution in [3.63, 3.8) is 0 Å². The summed E-state index contributed by atoms with van der Waals surface area (Å²) >= 11 is 0. The fourth-order valence-corrected chi connectivity index (χ4v) is 2.79. The summed E-state index contributed by atoms with van der Waals surface area (Å²) < 4.78 is 10.9. The molecule has 1 aromatic heterocycles. The van der Waals surface area contributed by atoms with Gasteiger partial charge in [0.15, 0.2) is 0 Å². The first-order chi connectivity index (χ1) is 17.3. The van der Waals surface area contributed by atoms with E-state index in [-0.39, 0.29) is 24.6 Å². The average molecular weight is 527 g/mol. The van der Waals surface area contributed by atoms with Gasteiger partial charge in [-0.3, -0.25) is 23.6 Å². The van der Waals surface area contributed by atoms with Gasteiger partial charge in [-0.15, -0.1) is 0 Å². The Morgan fingerprint density at radius 1 is 0.919 bits per heavy atom. The van der Waals surface area contributed by atoms with Gasteiger partial charge >= 0.3 is 29.9 Å². The molecule has 3 rings (SSSR count). The third-order valence-electron chi connectivity index (χ3n) is 4.80. The lowest BCUT2D eigenvalue weighted by Crippen LogP contribution is -2.64. The van der Waals surface area contributed by atoms with Crippen LogP contribution in [0.3, 0.4) is 0 Å². The van der Waals surface area contributed by atoms with Gasteiger partial charge in [-0.25, -0.2) is 24.0 Å². The third-order valence-corrected chi connectivity index (χ3v) is 4.80. The maximum Gasteiger partial charge on any atom is 0.452 e. The van der Waals surface area contributed by atoms with E-state index in [4.69, 9.17) is 5.73 Å². The van der Waals surface area contributed by atoms with Gasteiger partial charge in [-0.2, -0.15) is 0 Å². The van der Waals surface area contributed by atoms with Crippen molar-refractivity contribution in [2.45, 2.75) is 26.1 Å². The number of hydrogen-bond donors (Lipinski definition) is 3. The number of nitrogens with zero attached hydrogens (tertiary/aromatic N) is 6. The van der Waals surface area contributed by atoms with Crippen LogP contribution in [0.1, 0.15) is 13.8 Å². The fraction of sp³-hybridized carbons (Fsp3) is 0.526. The van der Waals surface area contributed by atoms with Crippen molar-refractivity contribution >= 4 is 36.0 Å². The molecule has 0 bridgehead atoms. The number of nitrogens with one attached hydrogen (secondary N) is 2. The molecule has 0 aromatic carbocycles. The largest absolute Gasteiger partial charge is 0.452 e. The van der Waals surface area contributed by atoms with Crippen molar-refractivity contribution in [1.29, 1.82) is 0 Å². The summed E-state index contributed by atoms with van der Waals surface area (Å²) in [5.41, 5.74) is 4.55. The molecule has 2 aliphatic rings. The van der Waals surface area contributed by atoms with E-state index in [1.54, 1.807) is 13.8 Å². The maximum atomic E-state index is 11.5. The maximum absolute atomic E-state index is 11.5. The van der Waals surface area contributed by atoms with Gasteiger partial charge < -0.3 is 30.7 Å². The van der Waals surface area contributed by atoms with E-state index in [1.807, 2.05) is 0 Å². The highest BCUT2D eigenvalue weighted by molar-refractivity contribution is 6.03. The molecule has 37 heavy (non-hydrogen) atoms. The van der Waals surface area contributed by atoms with Crippen LogP contribution >= 0.6 is 0 Å². The quantitative estimate of drug-likeness (QED) is 0.394. The molecule has 2 fully saturated rings. The molecule has 0 spiro atoms. The molecule has 2 aliphatic heterocycles. The topological polar surface area (TPSA) is 229 Å². The first kappa shape index (κ1) is 30.3. The minimum absolute atomic E-state index is 0.179. The number of anilines is 1. The number of carbonyl (C=O) groups is 5. The number of aromatic nitrogens is 2.